The van der Waals surface area contributed by atoms with Crippen LogP contribution in [0.15, 0.2) is 30.3 Å². The number of carboxylic acids is 1. The highest BCUT2D eigenvalue weighted by molar-refractivity contribution is 5.70. The summed E-state index contributed by atoms with van der Waals surface area (Å²) in [5.41, 5.74) is 0.624. The Morgan fingerprint density at radius 1 is 1.22 bits per heavy atom. The molecule has 3 nitrogen and oxygen atoms in total. The van der Waals surface area contributed by atoms with Crippen molar-refractivity contribution in [1.29, 1.82) is 0 Å². The van der Waals surface area contributed by atoms with Gasteiger partial charge < -0.3 is 10.2 Å². The van der Waals surface area contributed by atoms with Gasteiger partial charge in [0.25, 0.3) is 0 Å². The van der Waals surface area contributed by atoms with Crippen molar-refractivity contribution >= 4 is 5.97 Å². The number of hydrogen-bond donors (Lipinski definition) is 2. The van der Waals surface area contributed by atoms with E-state index in [1.54, 1.807) is 30.3 Å². The predicted molar refractivity (Wildman–Crippen MR) is 58.0 cm³/mol. The first kappa shape index (κ1) is 14.5. The number of halogens is 3. The summed E-state index contributed by atoms with van der Waals surface area (Å²) >= 11 is 0. The lowest BCUT2D eigenvalue weighted by Crippen LogP contribution is -2.33. The Balaban J connectivity index is 2.70. The third kappa shape index (κ3) is 4.37. The van der Waals surface area contributed by atoms with Crippen molar-refractivity contribution in [1.82, 2.24) is 0 Å². The van der Waals surface area contributed by atoms with Crippen LogP contribution in [0.1, 0.15) is 12.0 Å². The van der Waals surface area contributed by atoms with E-state index in [1.165, 1.54) is 0 Å². The first-order valence-corrected chi connectivity index (χ1v) is 5.32. The third-order valence-corrected chi connectivity index (χ3v) is 2.56. The second kappa shape index (κ2) is 5.86. The van der Waals surface area contributed by atoms with Crippen LogP contribution in [0.2, 0.25) is 0 Å². The molecule has 0 bridgehead atoms. The largest absolute Gasteiger partial charge is 0.481 e. The minimum absolute atomic E-state index is 0.0384. The van der Waals surface area contributed by atoms with E-state index in [2.05, 4.69) is 0 Å². The highest BCUT2D eigenvalue weighted by Crippen LogP contribution is 2.26. The van der Waals surface area contributed by atoms with E-state index < -0.39 is 30.6 Å². The zero-order valence-electron chi connectivity index (χ0n) is 9.39. The van der Waals surface area contributed by atoms with Crippen molar-refractivity contribution < 1.29 is 28.2 Å². The molecule has 0 saturated heterocycles. The van der Waals surface area contributed by atoms with Crippen LogP contribution in [0.5, 0.6) is 0 Å². The van der Waals surface area contributed by atoms with Crippen LogP contribution >= 0.6 is 0 Å². The molecule has 0 radical (unpaired) electrons. The molecule has 0 aliphatic heterocycles. The smallest absolute Gasteiger partial charge is 0.414 e. The molecule has 1 aromatic rings. The number of aliphatic carboxylic acids is 1. The first-order valence-electron chi connectivity index (χ1n) is 5.32. The molecule has 0 fully saturated rings. The third-order valence-electron chi connectivity index (χ3n) is 2.56. The van der Waals surface area contributed by atoms with E-state index >= 15 is 0 Å². The minimum Gasteiger partial charge on any atom is -0.481 e. The fourth-order valence-electron chi connectivity index (χ4n) is 1.57. The van der Waals surface area contributed by atoms with Gasteiger partial charge in [-0.1, -0.05) is 30.3 Å². The van der Waals surface area contributed by atoms with E-state index in [9.17, 15) is 18.0 Å². The molecule has 0 saturated carbocycles. The maximum absolute atomic E-state index is 12.2. The maximum Gasteiger partial charge on any atom is 0.414 e. The van der Waals surface area contributed by atoms with Gasteiger partial charge in [0.15, 0.2) is 6.10 Å². The van der Waals surface area contributed by atoms with Crippen molar-refractivity contribution in [2.24, 2.45) is 5.92 Å². The van der Waals surface area contributed by atoms with Gasteiger partial charge in [-0.05, 0) is 18.4 Å². The molecular formula is C12H13F3O3. The Morgan fingerprint density at radius 2 is 1.78 bits per heavy atom. The summed E-state index contributed by atoms with van der Waals surface area (Å²) in [4.78, 5) is 10.9. The maximum atomic E-state index is 12.2. The fraction of sp³-hybridized carbons (Fsp3) is 0.417. The van der Waals surface area contributed by atoms with Crippen LogP contribution in [0.25, 0.3) is 0 Å². The van der Waals surface area contributed by atoms with Crippen LogP contribution in [0.4, 0.5) is 13.2 Å². The summed E-state index contributed by atoms with van der Waals surface area (Å²) in [5.74, 6) is -2.61. The van der Waals surface area contributed by atoms with Gasteiger partial charge in [-0.2, -0.15) is 13.2 Å². The normalized spacial score (nSPS) is 15.1. The first-order chi connectivity index (χ1) is 8.30. The monoisotopic (exact) mass is 262 g/mol. The van der Waals surface area contributed by atoms with Gasteiger partial charge in [0, 0.05) is 0 Å². The Bertz CT molecular complexity index is 389. The Hall–Kier alpha value is -1.56. The lowest BCUT2D eigenvalue weighted by Gasteiger charge is -2.19. The predicted octanol–water partition coefficient (Wildman–Crippen LogP) is 2.24. The number of benzene rings is 1. The van der Waals surface area contributed by atoms with Crippen molar-refractivity contribution in [3.63, 3.8) is 0 Å². The molecule has 0 heterocycles. The number of alkyl halides is 3. The number of carboxylic acid groups (broad SMARTS) is 1. The van der Waals surface area contributed by atoms with Gasteiger partial charge in [-0.3, -0.25) is 4.79 Å². The second-order valence-electron chi connectivity index (χ2n) is 4.02. The van der Waals surface area contributed by atoms with Crippen molar-refractivity contribution in [2.45, 2.75) is 25.1 Å². The summed E-state index contributed by atoms with van der Waals surface area (Å²) in [6.07, 6.45) is -8.27. The van der Waals surface area contributed by atoms with Crippen LogP contribution in [-0.2, 0) is 11.2 Å². The average molecular weight is 262 g/mol. The van der Waals surface area contributed by atoms with Crippen molar-refractivity contribution in [3.05, 3.63) is 35.9 Å². The summed E-state index contributed by atoms with van der Waals surface area (Å²) in [7, 11) is 0. The van der Waals surface area contributed by atoms with Gasteiger partial charge in [0.1, 0.15) is 0 Å². The van der Waals surface area contributed by atoms with Crippen LogP contribution in [0, 0.1) is 5.92 Å². The van der Waals surface area contributed by atoms with Gasteiger partial charge in [-0.25, -0.2) is 0 Å². The topological polar surface area (TPSA) is 57.5 Å². The molecule has 100 valence electrons. The minimum atomic E-state index is -4.79. The summed E-state index contributed by atoms with van der Waals surface area (Å²) < 4.78 is 36.5. The fourth-order valence-corrected chi connectivity index (χ4v) is 1.57. The molecule has 2 atom stereocenters. The Kier molecular flexibility index (Phi) is 4.72. The zero-order chi connectivity index (χ0) is 13.8. The van der Waals surface area contributed by atoms with E-state index in [4.69, 9.17) is 10.2 Å². The van der Waals surface area contributed by atoms with E-state index in [0.717, 1.165) is 0 Å². The number of carbonyl (C=O) groups is 1. The molecule has 0 spiro atoms. The molecule has 2 N–H and O–H groups in total. The molecular weight excluding hydrogens is 249 g/mol. The molecule has 0 aromatic heterocycles. The van der Waals surface area contributed by atoms with E-state index in [1.807, 2.05) is 0 Å². The number of aliphatic hydroxyl groups is 1. The molecule has 2 unspecified atom stereocenters. The van der Waals surface area contributed by atoms with Crippen LogP contribution in [-0.4, -0.2) is 28.5 Å². The van der Waals surface area contributed by atoms with Crippen molar-refractivity contribution in [3.8, 4) is 0 Å². The summed E-state index contributed by atoms with van der Waals surface area (Å²) in [6.45, 7) is 0. The SMILES string of the molecule is O=C(O)C(Cc1ccccc1)CC(O)C(F)(F)F. The average Bonchev–Trinajstić information content (AvgIpc) is 2.28. The summed E-state index contributed by atoms with van der Waals surface area (Å²) in [5, 5.41) is 17.8. The quantitative estimate of drug-likeness (QED) is 0.855. The van der Waals surface area contributed by atoms with Crippen LogP contribution in [0.3, 0.4) is 0 Å². The van der Waals surface area contributed by atoms with Gasteiger partial charge in [0.05, 0.1) is 5.92 Å². The zero-order valence-corrected chi connectivity index (χ0v) is 9.39. The lowest BCUT2D eigenvalue weighted by atomic mass is 9.93. The molecule has 0 aliphatic rings. The van der Waals surface area contributed by atoms with Crippen LogP contribution < -0.4 is 0 Å². The second-order valence-corrected chi connectivity index (χ2v) is 4.02. The summed E-state index contributed by atoms with van der Waals surface area (Å²) in [6, 6.07) is 8.35. The number of hydrogen-bond acceptors (Lipinski definition) is 2. The van der Waals surface area contributed by atoms with Gasteiger partial charge >= 0.3 is 12.1 Å². The molecule has 0 amide bonds. The lowest BCUT2D eigenvalue weighted by molar-refractivity contribution is -0.209. The number of aliphatic hydroxyl groups excluding tert-OH is 1. The molecule has 6 heteroatoms. The molecule has 1 aromatic carbocycles. The Labute approximate surface area is 102 Å². The number of rotatable bonds is 5. The molecule has 1 rings (SSSR count). The van der Waals surface area contributed by atoms with E-state index in [0.29, 0.717) is 5.56 Å². The molecule has 18 heavy (non-hydrogen) atoms. The highest BCUT2D eigenvalue weighted by Gasteiger charge is 2.40. The Morgan fingerprint density at radius 3 is 2.22 bits per heavy atom. The highest BCUT2D eigenvalue weighted by atomic mass is 19.4. The van der Waals surface area contributed by atoms with E-state index in [-0.39, 0.29) is 6.42 Å². The van der Waals surface area contributed by atoms with Gasteiger partial charge in [0.2, 0.25) is 0 Å². The van der Waals surface area contributed by atoms with Crippen molar-refractivity contribution in [2.75, 3.05) is 0 Å². The standard InChI is InChI=1S/C12H13F3O3/c13-12(14,15)10(16)7-9(11(17)18)6-8-4-2-1-3-5-8/h1-5,9-10,16H,6-7H2,(H,17,18). The van der Waals surface area contributed by atoms with Gasteiger partial charge in [-0.15, -0.1) is 0 Å². The molecule has 0 aliphatic carbocycles.